The minimum Gasteiger partial charge on any atom is -0.345 e. The first-order valence-corrected chi connectivity index (χ1v) is 9.16. The van der Waals surface area contributed by atoms with Gasteiger partial charge in [-0.05, 0) is 37.8 Å². The molecule has 136 valence electrons. The van der Waals surface area contributed by atoms with Crippen LogP contribution in [0.2, 0.25) is 0 Å². The molecule has 0 saturated heterocycles. The Morgan fingerprint density at radius 1 is 1.27 bits per heavy atom. The predicted molar refractivity (Wildman–Crippen MR) is 95.1 cm³/mol. The van der Waals surface area contributed by atoms with Gasteiger partial charge in [0, 0.05) is 31.9 Å². The van der Waals surface area contributed by atoms with Crippen LogP contribution in [0.25, 0.3) is 0 Å². The molecule has 3 heterocycles. The van der Waals surface area contributed by atoms with Crippen molar-refractivity contribution in [2.24, 2.45) is 5.92 Å². The van der Waals surface area contributed by atoms with Crippen molar-refractivity contribution in [2.75, 3.05) is 6.54 Å². The molecule has 1 atom stereocenters. The molecule has 1 fully saturated rings. The van der Waals surface area contributed by atoms with Crippen molar-refractivity contribution in [1.29, 1.82) is 0 Å². The molecule has 1 aliphatic heterocycles. The van der Waals surface area contributed by atoms with Gasteiger partial charge in [0.1, 0.15) is 11.5 Å². The highest BCUT2D eigenvalue weighted by Gasteiger charge is 2.33. The number of carbonyl (C=O) groups is 2. The van der Waals surface area contributed by atoms with Gasteiger partial charge < -0.3 is 14.8 Å². The minimum atomic E-state index is -0.222. The highest BCUT2D eigenvalue weighted by molar-refractivity contribution is 5.92. The SMILES string of the molecule is C[C@@H]1c2nc(C(=O)NCc3ccccn3)cn2CCN1C(=O)CC1CC1. The molecule has 2 amide bonds. The van der Waals surface area contributed by atoms with Gasteiger partial charge in [0.25, 0.3) is 5.91 Å². The number of fused-ring (bicyclic) bond motifs is 1. The van der Waals surface area contributed by atoms with Gasteiger partial charge in [0.2, 0.25) is 5.91 Å². The lowest BCUT2D eigenvalue weighted by Gasteiger charge is -2.33. The molecule has 0 unspecified atom stereocenters. The van der Waals surface area contributed by atoms with Crippen LogP contribution in [0.15, 0.2) is 30.6 Å². The average molecular weight is 353 g/mol. The van der Waals surface area contributed by atoms with Crippen LogP contribution in [-0.2, 0) is 17.9 Å². The molecule has 2 aliphatic rings. The number of hydrogen-bond acceptors (Lipinski definition) is 4. The van der Waals surface area contributed by atoms with Crippen molar-refractivity contribution < 1.29 is 9.59 Å². The second-order valence-corrected chi connectivity index (χ2v) is 7.09. The van der Waals surface area contributed by atoms with Crippen LogP contribution >= 0.6 is 0 Å². The first-order valence-electron chi connectivity index (χ1n) is 9.16. The fourth-order valence-corrected chi connectivity index (χ4v) is 3.39. The molecule has 7 heteroatoms. The predicted octanol–water partition coefficient (Wildman–Crippen LogP) is 1.91. The topological polar surface area (TPSA) is 80.1 Å². The summed E-state index contributed by atoms with van der Waals surface area (Å²) in [6.07, 6.45) is 6.46. The van der Waals surface area contributed by atoms with E-state index >= 15 is 0 Å². The Labute approximate surface area is 152 Å². The fraction of sp³-hybridized carbons (Fsp3) is 0.474. The molecule has 1 saturated carbocycles. The van der Waals surface area contributed by atoms with Crippen LogP contribution in [0.3, 0.4) is 0 Å². The molecule has 26 heavy (non-hydrogen) atoms. The van der Waals surface area contributed by atoms with Gasteiger partial charge in [-0.15, -0.1) is 0 Å². The van der Waals surface area contributed by atoms with Gasteiger partial charge in [-0.1, -0.05) is 6.07 Å². The highest BCUT2D eigenvalue weighted by Crippen LogP contribution is 2.34. The first-order chi connectivity index (χ1) is 12.6. The van der Waals surface area contributed by atoms with E-state index in [0.717, 1.165) is 11.5 Å². The van der Waals surface area contributed by atoms with Crippen molar-refractivity contribution >= 4 is 11.8 Å². The number of aromatic nitrogens is 3. The lowest BCUT2D eigenvalue weighted by molar-refractivity contribution is -0.134. The highest BCUT2D eigenvalue weighted by atomic mass is 16.2. The summed E-state index contributed by atoms with van der Waals surface area (Å²) in [5.41, 5.74) is 1.19. The molecule has 1 aliphatic carbocycles. The molecule has 4 rings (SSSR count). The largest absolute Gasteiger partial charge is 0.345 e. The van der Waals surface area contributed by atoms with E-state index in [1.54, 1.807) is 12.4 Å². The van der Waals surface area contributed by atoms with Crippen molar-refractivity contribution in [3.05, 3.63) is 47.8 Å². The van der Waals surface area contributed by atoms with Crippen LogP contribution in [-0.4, -0.2) is 37.8 Å². The molecule has 0 bridgehead atoms. The van der Waals surface area contributed by atoms with E-state index in [-0.39, 0.29) is 17.9 Å². The summed E-state index contributed by atoms with van der Waals surface area (Å²) >= 11 is 0. The quantitative estimate of drug-likeness (QED) is 0.890. The van der Waals surface area contributed by atoms with E-state index in [1.165, 1.54) is 12.8 Å². The molecule has 0 radical (unpaired) electrons. The Morgan fingerprint density at radius 2 is 2.12 bits per heavy atom. The number of imidazole rings is 1. The van der Waals surface area contributed by atoms with Gasteiger partial charge in [-0.25, -0.2) is 4.98 Å². The van der Waals surface area contributed by atoms with E-state index in [1.807, 2.05) is 34.6 Å². The van der Waals surface area contributed by atoms with Crippen molar-refractivity contribution in [1.82, 2.24) is 24.8 Å². The zero-order valence-corrected chi connectivity index (χ0v) is 14.9. The maximum absolute atomic E-state index is 12.5. The third kappa shape index (κ3) is 3.47. The van der Waals surface area contributed by atoms with Crippen LogP contribution in [0.5, 0.6) is 0 Å². The first kappa shape index (κ1) is 16.8. The Kier molecular flexibility index (Phi) is 4.44. The third-order valence-electron chi connectivity index (χ3n) is 5.10. The van der Waals surface area contributed by atoms with Crippen molar-refractivity contribution in [3.63, 3.8) is 0 Å². The van der Waals surface area contributed by atoms with Gasteiger partial charge in [-0.3, -0.25) is 14.6 Å². The molecule has 2 aromatic rings. The minimum absolute atomic E-state index is 0.104. The summed E-state index contributed by atoms with van der Waals surface area (Å²) in [5.74, 6) is 1.34. The van der Waals surface area contributed by atoms with Gasteiger partial charge >= 0.3 is 0 Å². The maximum Gasteiger partial charge on any atom is 0.271 e. The zero-order valence-electron chi connectivity index (χ0n) is 14.9. The number of rotatable bonds is 5. The van der Waals surface area contributed by atoms with Gasteiger partial charge in [0.15, 0.2) is 0 Å². The summed E-state index contributed by atoms with van der Waals surface area (Å²) in [4.78, 5) is 35.5. The lowest BCUT2D eigenvalue weighted by Crippen LogP contribution is -2.41. The van der Waals surface area contributed by atoms with E-state index in [9.17, 15) is 9.59 Å². The molecular formula is C19H23N5O2. The van der Waals surface area contributed by atoms with Gasteiger partial charge in [-0.2, -0.15) is 0 Å². The van der Waals surface area contributed by atoms with Crippen LogP contribution in [0.1, 0.15) is 54.2 Å². The number of nitrogens with one attached hydrogen (secondary N) is 1. The van der Waals surface area contributed by atoms with E-state index < -0.39 is 0 Å². The van der Waals surface area contributed by atoms with Crippen LogP contribution in [0.4, 0.5) is 0 Å². The van der Waals surface area contributed by atoms with Crippen molar-refractivity contribution in [3.8, 4) is 0 Å². The smallest absolute Gasteiger partial charge is 0.271 e. The van der Waals surface area contributed by atoms with Crippen LogP contribution < -0.4 is 5.32 Å². The van der Waals surface area contributed by atoms with Crippen LogP contribution in [0, 0.1) is 5.92 Å². The number of amides is 2. The summed E-state index contributed by atoms with van der Waals surface area (Å²) in [6, 6.07) is 5.49. The molecule has 0 aromatic carbocycles. The zero-order chi connectivity index (χ0) is 18.1. The number of nitrogens with zero attached hydrogens (tertiary/aromatic N) is 4. The monoisotopic (exact) mass is 353 g/mol. The number of pyridine rings is 1. The third-order valence-corrected chi connectivity index (χ3v) is 5.10. The Morgan fingerprint density at radius 3 is 2.85 bits per heavy atom. The summed E-state index contributed by atoms with van der Waals surface area (Å²) in [5, 5.41) is 2.85. The standard InChI is InChI=1S/C19H23N5O2/c1-13-18-22-16(19(26)21-11-15-4-2-3-7-20-15)12-23(18)8-9-24(13)17(25)10-14-5-6-14/h2-4,7,12-14H,5-6,8-11H2,1H3,(H,21,26)/t13-/m1/s1. The van der Waals surface area contributed by atoms with Gasteiger partial charge in [0.05, 0.1) is 18.3 Å². The maximum atomic E-state index is 12.5. The number of hydrogen-bond donors (Lipinski definition) is 1. The summed E-state index contributed by atoms with van der Waals surface area (Å²) < 4.78 is 1.99. The fourth-order valence-electron chi connectivity index (χ4n) is 3.39. The molecule has 1 N–H and O–H groups in total. The Balaban J connectivity index is 1.42. The summed E-state index contributed by atoms with van der Waals surface area (Å²) in [7, 11) is 0. The molecule has 0 spiro atoms. The van der Waals surface area contributed by atoms with E-state index in [2.05, 4.69) is 15.3 Å². The molecule has 7 nitrogen and oxygen atoms in total. The molecular weight excluding hydrogens is 330 g/mol. The normalized spacial score (nSPS) is 19.1. The van der Waals surface area contributed by atoms with E-state index in [0.29, 0.717) is 37.7 Å². The molecule has 2 aromatic heterocycles. The van der Waals surface area contributed by atoms with Crippen molar-refractivity contribution in [2.45, 2.75) is 45.3 Å². The van der Waals surface area contributed by atoms with E-state index in [4.69, 9.17) is 0 Å². The second-order valence-electron chi connectivity index (χ2n) is 7.09. The Hall–Kier alpha value is -2.70. The summed E-state index contributed by atoms with van der Waals surface area (Å²) in [6.45, 7) is 3.70. The average Bonchev–Trinajstić information content (AvgIpc) is 3.35. The Bertz CT molecular complexity index is 813. The lowest BCUT2D eigenvalue weighted by atomic mass is 10.1. The second kappa shape index (κ2) is 6.90. The number of carbonyl (C=O) groups excluding carboxylic acids is 2.